The summed E-state index contributed by atoms with van der Waals surface area (Å²) < 4.78 is 5.77. The molecule has 1 atom stereocenters. The van der Waals surface area contributed by atoms with E-state index in [2.05, 4.69) is 5.32 Å². The number of nitrogens with one attached hydrogen (secondary N) is 1. The number of nitrogens with zero attached hydrogens (tertiary/aromatic N) is 1. The molecular weight excluding hydrogens is 232 g/mol. The molecule has 0 saturated carbocycles. The normalized spacial score (nSPS) is 18.9. The van der Waals surface area contributed by atoms with Gasteiger partial charge in [0.15, 0.2) is 0 Å². The van der Waals surface area contributed by atoms with Crippen LogP contribution in [-0.4, -0.2) is 24.6 Å². The Kier molecular flexibility index (Phi) is 3.81. The van der Waals surface area contributed by atoms with Crippen molar-refractivity contribution >= 4 is 5.69 Å². The molecule has 1 saturated heterocycles. The second-order valence-electron chi connectivity index (χ2n) is 4.83. The van der Waals surface area contributed by atoms with Gasteiger partial charge in [-0.2, -0.15) is 0 Å². The summed E-state index contributed by atoms with van der Waals surface area (Å²) in [6.45, 7) is 6.29. The minimum Gasteiger partial charge on any atom is -0.493 e. The van der Waals surface area contributed by atoms with E-state index < -0.39 is 0 Å². The van der Waals surface area contributed by atoms with Crippen molar-refractivity contribution in [3.8, 4) is 5.75 Å². The van der Waals surface area contributed by atoms with Crippen molar-refractivity contribution in [1.82, 2.24) is 5.32 Å². The van der Waals surface area contributed by atoms with Crippen molar-refractivity contribution in [2.45, 2.75) is 20.3 Å². The lowest BCUT2D eigenvalue weighted by molar-refractivity contribution is -0.385. The van der Waals surface area contributed by atoms with Crippen LogP contribution in [0.5, 0.6) is 5.75 Å². The average Bonchev–Trinajstić information content (AvgIpc) is 2.82. The quantitative estimate of drug-likeness (QED) is 0.657. The smallest absolute Gasteiger partial charge is 0.272 e. The van der Waals surface area contributed by atoms with Gasteiger partial charge in [-0.1, -0.05) is 0 Å². The van der Waals surface area contributed by atoms with Gasteiger partial charge in [0.25, 0.3) is 5.69 Å². The Labute approximate surface area is 106 Å². The lowest BCUT2D eigenvalue weighted by Crippen LogP contribution is -2.15. The van der Waals surface area contributed by atoms with Gasteiger partial charge in [-0.25, -0.2) is 0 Å². The summed E-state index contributed by atoms with van der Waals surface area (Å²) in [6.07, 6.45) is 1.13. The molecule has 0 spiro atoms. The Balaban J connectivity index is 2.08. The molecule has 18 heavy (non-hydrogen) atoms. The summed E-state index contributed by atoms with van der Waals surface area (Å²) in [4.78, 5) is 10.5. The first-order chi connectivity index (χ1) is 8.58. The highest BCUT2D eigenvalue weighted by molar-refractivity contribution is 5.49. The van der Waals surface area contributed by atoms with E-state index in [1.54, 1.807) is 19.1 Å². The van der Waals surface area contributed by atoms with Gasteiger partial charge in [0, 0.05) is 24.1 Å². The monoisotopic (exact) mass is 250 g/mol. The molecule has 0 aromatic heterocycles. The molecule has 98 valence electrons. The molecule has 2 rings (SSSR count). The first kappa shape index (κ1) is 12.8. The molecule has 5 nitrogen and oxygen atoms in total. The van der Waals surface area contributed by atoms with Gasteiger partial charge in [-0.3, -0.25) is 10.1 Å². The summed E-state index contributed by atoms with van der Waals surface area (Å²) in [5, 5.41) is 14.1. The molecule has 1 N–H and O–H groups in total. The molecule has 5 heteroatoms. The van der Waals surface area contributed by atoms with Crippen LogP contribution < -0.4 is 10.1 Å². The number of nitro groups is 1. The highest BCUT2D eigenvalue weighted by atomic mass is 16.6. The Bertz CT molecular complexity index is 454. The van der Waals surface area contributed by atoms with Crippen LogP contribution in [0.25, 0.3) is 0 Å². The summed E-state index contributed by atoms with van der Waals surface area (Å²) in [6, 6.07) is 3.34. The van der Waals surface area contributed by atoms with Gasteiger partial charge in [0.05, 0.1) is 11.5 Å². The van der Waals surface area contributed by atoms with Crippen LogP contribution in [0.15, 0.2) is 12.1 Å². The molecule has 1 aromatic rings. The molecule has 1 unspecified atom stereocenters. The van der Waals surface area contributed by atoms with Gasteiger partial charge >= 0.3 is 0 Å². The van der Waals surface area contributed by atoms with Gasteiger partial charge < -0.3 is 10.1 Å². The average molecular weight is 250 g/mol. The third kappa shape index (κ3) is 2.79. The largest absolute Gasteiger partial charge is 0.493 e. The zero-order chi connectivity index (χ0) is 13.1. The van der Waals surface area contributed by atoms with Gasteiger partial charge in [0.2, 0.25) is 0 Å². The molecule has 0 bridgehead atoms. The maximum absolute atomic E-state index is 10.8. The second kappa shape index (κ2) is 5.35. The molecular formula is C13H18N2O3. The minimum atomic E-state index is -0.354. The van der Waals surface area contributed by atoms with Crippen molar-refractivity contribution in [3.05, 3.63) is 33.4 Å². The lowest BCUT2D eigenvalue weighted by atomic mass is 10.1. The van der Waals surface area contributed by atoms with E-state index in [1.807, 2.05) is 6.92 Å². The van der Waals surface area contributed by atoms with E-state index >= 15 is 0 Å². The number of aryl methyl sites for hydroxylation is 2. The zero-order valence-corrected chi connectivity index (χ0v) is 10.7. The highest BCUT2D eigenvalue weighted by Gasteiger charge is 2.17. The van der Waals surface area contributed by atoms with E-state index in [9.17, 15) is 10.1 Å². The number of ether oxygens (including phenoxy) is 1. The molecule has 1 fully saturated rings. The Morgan fingerprint density at radius 3 is 2.83 bits per heavy atom. The number of rotatable bonds is 4. The fourth-order valence-corrected chi connectivity index (χ4v) is 2.19. The minimum absolute atomic E-state index is 0.155. The predicted molar refractivity (Wildman–Crippen MR) is 69.0 cm³/mol. The van der Waals surface area contributed by atoms with Gasteiger partial charge in [-0.05, 0) is 38.4 Å². The van der Waals surface area contributed by atoms with Crippen LogP contribution >= 0.6 is 0 Å². The zero-order valence-electron chi connectivity index (χ0n) is 10.7. The maximum atomic E-state index is 10.8. The fraction of sp³-hybridized carbons (Fsp3) is 0.538. The number of benzene rings is 1. The second-order valence-corrected chi connectivity index (χ2v) is 4.83. The number of hydrogen-bond donors (Lipinski definition) is 1. The molecule has 0 radical (unpaired) electrons. The standard InChI is InChI=1S/C13H18N2O3/c1-9-6-13(10(2)5-12(9)15(16)17)18-8-11-3-4-14-7-11/h5-6,11,14H,3-4,7-8H2,1-2H3. The van der Waals surface area contributed by atoms with Crippen LogP contribution in [0.2, 0.25) is 0 Å². The predicted octanol–water partition coefficient (Wildman–Crippen LogP) is 2.20. The SMILES string of the molecule is Cc1cc([N+](=O)[O-])c(C)cc1OCC1CCNC1. The van der Waals surface area contributed by atoms with E-state index in [0.717, 1.165) is 30.8 Å². The summed E-state index contributed by atoms with van der Waals surface area (Å²) in [5.41, 5.74) is 1.62. The first-order valence-corrected chi connectivity index (χ1v) is 6.17. The Morgan fingerprint density at radius 1 is 1.44 bits per heavy atom. The van der Waals surface area contributed by atoms with Crippen LogP contribution in [0.3, 0.4) is 0 Å². The van der Waals surface area contributed by atoms with Crippen molar-refractivity contribution in [3.63, 3.8) is 0 Å². The van der Waals surface area contributed by atoms with Crippen molar-refractivity contribution < 1.29 is 9.66 Å². The molecule has 0 amide bonds. The molecule has 1 aliphatic heterocycles. The first-order valence-electron chi connectivity index (χ1n) is 6.17. The van der Waals surface area contributed by atoms with E-state index in [4.69, 9.17) is 4.74 Å². The number of hydrogen-bond acceptors (Lipinski definition) is 4. The molecule has 1 heterocycles. The summed E-state index contributed by atoms with van der Waals surface area (Å²) in [5.74, 6) is 1.30. The van der Waals surface area contributed by atoms with Crippen molar-refractivity contribution in [2.24, 2.45) is 5.92 Å². The summed E-state index contributed by atoms with van der Waals surface area (Å²) >= 11 is 0. The van der Waals surface area contributed by atoms with Gasteiger partial charge in [0.1, 0.15) is 5.75 Å². The van der Waals surface area contributed by atoms with Crippen LogP contribution in [-0.2, 0) is 0 Å². The topological polar surface area (TPSA) is 64.4 Å². The molecule has 1 aromatic carbocycles. The van der Waals surface area contributed by atoms with Crippen LogP contribution in [0.4, 0.5) is 5.69 Å². The third-order valence-corrected chi connectivity index (χ3v) is 3.33. The third-order valence-electron chi connectivity index (χ3n) is 3.33. The maximum Gasteiger partial charge on any atom is 0.272 e. The van der Waals surface area contributed by atoms with E-state index in [1.165, 1.54) is 0 Å². The van der Waals surface area contributed by atoms with Gasteiger partial charge in [-0.15, -0.1) is 0 Å². The number of nitro benzene ring substituents is 1. The highest BCUT2D eigenvalue weighted by Crippen LogP contribution is 2.28. The fourth-order valence-electron chi connectivity index (χ4n) is 2.19. The van der Waals surface area contributed by atoms with Crippen LogP contribution in [0, 0.1) is 29.9 Å². The lowest BCUT2D eigenvalue weighted by Gasteiger charge is -2.13. The van der Waals surface area contributed by atoms with E-state index in [-0.39, 0.29) is 10.6 Å². The van der Waals surface area contributed by atoms with E-state index in [0.29, 0.717) is 18.1 Å². The molecule has 0 aliphatic carbocycles. The Hall–Kier alpha value is -1.62. The molecule has 1 aliphatic rings. The Morgan fingerprint density at radius 2 is 2.22 bits per heavy atom. The van der Waals surface area contributed by atoms with Crippen molar-refractivity contribution in [1.29, 1.82) is 0 Å². The van der Waals surface area contributed by atoms with Crippen LogP contribution in [0.1, 0.15) is 17.5 Å². The summed E-state index contributed by atoms with van der Waals surface area (Å²) in [7, 11) is 0. The van der Waals surface area contributed by atoms with Crippen molar-refractivity contribution in [2.75, 3.05) is 19.7 Å².